The molecule has 1 aromatic heterocycles. The Balaban J connectivity index is 1.90. The minimum absolute atomic E-state index is 0.178. The molecular weight excluding hydrogens is 364 g/mol. The standard InChI is InChI=1S/C20H22N2O4S/c1-3-26-20(25)22-18(24)16-14-9-4-5-10-15(14)27-19(16)21-17(23)13-8-6-7-12(2)11-13/h6-8,11H,3-5,9-10H2,1-2H3,(H,21,23)(H,22,24,25). The van der Waals surface area contributed by atoms with Crippen LogP contribution < -0.4 is 10.6 Å². The monoisotopic (exact) mass is 386 g/mol. The molecular formula is C20H22N2O4S. The number of aryl methyl sites for hydroxylation is 2. The summed E-state index contributed by atoms with van der Waals surface area (Å²) >= 11 is 1.41. The average molecular weight is 386 g/mol. The van der Waals surface area contributed by atoms with Gasteiger partial charge in [-0.1, -0.05) is 17.7 Å². The Labute approximate surface area is 161 Å². The SMILES string of the molecule is CCOC(=O)NC(=O)c1c(NC(=O)c2cccc(C)c2)sc2c1CCCC2. The number of alkyl carbamates (subject to hydrolysis) is 1. The Morgan fingerprint density at radius 3 is 2.67 bits per heavy atom. The van der Waals surface area contributed by atoms with Crippen molar-refractivity contribution in [3.05, 3.63) is 51.4 Å². The highest BCUT2D eigenvalue weighted by Crippen LogP contribution is 2.38. The van der Waals surface area contributed by atoms with Crippen LogP contribution in [0.4, 0.5) is 9.80 Å². The summed E-state index contributed by atoms with van der Waals surface area (Å²) in [6, 6.07) is 7.26. The van der Waals surface area contributed by atoms with E-state index in [0.717, 1.165) is 41.7 Å². The first-order valence-corrected chi connectivity index (χ1v) is 9.82. The summed E-state index contributed by atoms with van der Waals surface area (Å²) in [5.74, 6) is -0.810. The normalized spacial score (nSPS) is 12.8. The molecule has 1 aromatic carbocycles. The fourth-order valence-electron chi connectivity index (χ4n) is 3.18. The van der Waals surface area contributed by atoms with E-state index in [0.29, 0.717) is 16.1 Å². The van der Waals surface area contributed by atoms with E-state index in [1.165, 1.54) is 11.3 Å². The highest BCUT2D eigenvalue weighted by Gasteiger charge is 2.27. The van der Waals surface area contributed by atoms with Crippen LogP contribution in [0, 0.1) is 6.92 Å². The lowest BCUT2D eigenvalue weighted by Crippen LogP contribution is -2.32. The highest BCUT2D eigenvalue weighted by atomic mass is 32.1. The number of amides is 3. The number of hydrogen-bond donors (Lipinski definition) is 2. The molecule has 142 valence electrons. The first-order valence-electron chi connectivity index (χ1n) is 9.00. The summed E-state index contributed by atoms with van der Waals surface area (Å²) < 4.78 is 4.80. The lowest BCUT2D eigenvalue weighted by molar-refractivity contribution is 0.0925. The predicted molar refractivity (Wildman–Crippen MR) is 105 cm³/mol. The molecule has 27 heavy (non-hydrogen) atoms. The Kier molecular flexibility index (Phi) is 5.91. The molecule has 0 atom stereocenters. The molecule has 0 saturated heterocycles. The topological polar surface area (TPSA) is 84.5 Å². The van der Waals surface area contributed by atoms with Gasteiger partial charge in [0.05, 0.1) is 12.2 Å². The maximum atomic E-state index is 12.7. The summed E-state index contributed by atoms with van der Waals surface area (Å²) in [5, 5.41) is 5.60. The van der Waals surface area contributed by atoms with E-state index >= 15 is 0 Å². The van der Waals surface area contributed by atoms with Crippen molar-refractivity contribution in [3.63, 3.8) is 0 Å². The van der Waals surface area contributed by atoms with Crippen molar-refractivity contribution in [1.29, 1.82) is 0 Å². The molecule has 0 radical (unpaired) electrons. The molecule has 0 spiro atoms. The molecule has 0 bridgehead atoms. The van der Waals surface area contributed by atoms with E-state index in [-0.39, 0.29) is 12.5 Å². The molecule has 1 aliphatic carbocycles. The first-order chi connectivity index (χ1) is 13.0. The van der Waals surface area contributed by atoms with Gasteiger partial charge in [-0.05, 0) is 57.2 Å². The smallest absolute Gasteiger partial charge is 0.414 e. The zero-order valence-electron chi connectivity index (χ0n) is 15.4. The van der Waals surface area contributed by atoms with E-state index in [2.05, 4.69) is 10.6 Å². The van der Waals surface area contributed by atoms with E-state index in [1.807, 2.05) is 19.1 Å². The number of benzene rings is 1. The molecule has 2 aromatic rings. The van der Waals surface area contributed by atoms with Gasteiger partial charge in [-0.2, -0.15) is 0 Å². The quantitative estimate of drug-likeness (QED) is 0.829. The van der Waals surface area contributed by atoms with Gasteiger partial charge < -0.3 is 10.1 Å². The molecule has 0 saturated carbocycles. The van der Waals surface area contributed by atoms with Crippen molar-refractivity contribution < 1.29 is 19.1 Å². The van der Waals surface area contributed by atoms with Gasteiger partial charge >= 0.3 is 6.09 Å². The Bertz CT molecular complexity index is 888. The number of fused-ring (bicyclic) bond motifs is 1. The number of rotatable bonds is 4. The van der Waals surface area contributed by atoms with Gasteiger partial charge in [-0.15, -0.1) is 11.3 Å². The third-order valence-corrected chi connectivity index (χ3v) is 5.60. The summed E-state index contributed by atoms with van der Waals surface area (Å²) in [7, 11) is 0. The molecule has 6 nitrogen and oxygen atoms in total. The molecule has 3 amide bonds. The van der Waals surface area contributed by atoms with Crippen LogP contribution in [0.25, 0.3) is 0 Å². The maximum Gasteiger partial charge on any atom is 0.414 e. The lowest BCUT2D eigenvalue weighted by atomic mass is 9.95. The van der Waals surface area contributed by atoms with E-state index < -0.39 is 12.0 Å². The van der Waals surface area contributed by atoms with Crippen LogP contribution in [0.2, 0.25) is 0 Å². The van der Waals surface area contributed by atoms with Gasteiger partial charge in [-0.3, -0.25) is 14.9 Å². The zero-order chi connectivity index (χ0) is 19.4. The Morgan fingerprint density at radius 1 is 1.15 bits per heavy atom. The Hall–Kier alpha value is -2.67. The van der Waals surface area contributed by atoms with Crippen LogP contribution >= 0.6 is 11.3 Å². The molecule has 0 aliphatic heterocycles. The number of hydrogen-bond acceptors (Lipinski definition) is 5. The number of nitrogens with one attached hydrogen (secondary N) is 2. The minimum atomic E-state index is -0.783. The zero-order valence-corrected chi connectivity index (χ0v) is 16.2. The van der Waals surface area contributed by atoms with Crippen molar-refractivity contribution in [2.24, 2.45) is 0 Å². The summed E-state index contributed by atoms with van der Waals surface area (Å²) in [5.41, 5.74) is 2.81. The second-order valence-corrected chi connectivity index (χ2v) is 7.52. The van der Waals surface area contributed by atoms with E-state index in [4.69, 9.17) is 4.74 Å². The molecule has 7 heteroatoms. The molecule has 2 N–H and O–H groups in total. The minimum Gasteiger partial charge on any atom is -0.450 e. The highest BCUT2D eigenvalue weighted by molar-refractivity contribution is 7.17. The summed E-state index contributed by atoms with van der Waals surface area (Å²) in [4.78, 5) is 38.1. The second kappa shape index (κ2) is 8.35. The van der Waals surface area contributed by atoms with Crippen LogP contribution in [-0.2, 0) is 17.6 Å². The number of anilines is 1. The lowest BCUT2D eigenvalue weighted by Gasteiger charge is -2.13. The molecule has 3 rings (SSSR count). The second-order valence-electron chi connectivity index (χ2n) is 6.41. The average Bonchev–Trinajstić information content (AvgIpc) is 2.99. The fourth-order valence-corrected chi connectivity index (χ4v) is 4.46. The van der Waals surface area contributed by atoms with Crippen molar-refractivity contribution >= 4 is 34.2 Å². The third-order valence-electron chi connectivity index (χ3n) is 4.40. The molecule has 1 heterocycles. The van der Waals surface area contributed by atoms with E-state index in [1.54, 1.807) is 19.1 Å². The number of ether oxygens (including phenoxy) is 1. The molecule has 1 aliphatic rings. The van der Waals surface area contributed by atoms with Crippen LogP contribution in [0.3, 0.4) is 0 Å². The van der Waals surface area contributed by atoms with Gasteiger partial charge in [0.1, 0.15) is 5.00 Å². The van der Waals surface area contributed by atoms with Crippen molar-refractivity contribution in [2.75, 3.05) is 11.9 Å². The van der Waals surface area contributed by atoms with E-state index in [9.17, 15) is 14.4 Å². The number of imide groups is 1. The Morgan fingerprint density at radius 2 is 1.93 bits per heavy atom. The van der Waals surface area contributed by atoms with Crippen molar-refractivity contribution in [1.82, 2.24) is 5.32 Å². The predicted octanol–water partition coefficient (Wildman–Crippen LogP) is 4.07. The van der Waals surface area contributed by atoms with Crippen LogP contribution in [0.1, 0.15) is 56.5 Å². The number of carbonyl (C=O) groups is 3. The van der Waals surface area contributed by atoms with Gasteiger partial charge in [0, 0.05) is 10.4 Å². The van der Waals surface area contributed by atoms with Gasteiger partial charge in [0.25, 0.3) is 11.8 Å². The maximum absolute atomic E-state index is 12.7. The van der Waals surface area contributed by atoms with Gasteiger partial charge in [0.15, 0.2) is 0 Å². The first kappa shape index (κ1) is 19.1. The molecule has 0 unspecified atom stereocenters. The van der Waals surface area contributed by atoms with Gasteiger partial charge in [0.2, 0.25) is 0 Å². The summed E-state index contributed by atoms with van der Waals surface area (Å²) in [6.07, 6.45) is 2.89. The molecule has 0 fully saturated rings. The van der Waals surface area contributed by atoms with Crippen LogP contribution in [-0.4, -0.2) is 24.5 Å². The van der Waals surface area contributed by atoms with Gasteiger partial charge in [-0.25, -0.2) is 4.79 Å². The summed E-state index contributed by atoms with van der Waals surface area (Å²) in [6.45, 7) is 3.76. The van der Waals surface area contributed by atoms with Crippen molar-refractivity contribution in [2.45, 2.75) is 39.5 Å². The third kappa shape index (κ3) is 4.36. The van der Waals surface area contributed by atoms with Crippen LogP contribution in [0.15, 0.2) is 24.3 Å². The number of thiophene rings is 1. The van der Waals surface area contributed by atoms with Crippen LogP contribution in [0.5, 0.6) is 0 Å². The number of carbonyl (C=O) groups excluding carboxylic acids is 3. The fraction of sp³-hybridized carbons (Fsp3) is 0.350. The van der Waals surface area contributed by atoms with Crippen molar-refractivity contribution in [3.8, 4) is 0 Å². The largest absolute Gasteiger partial charge is 0.450 e.